The second-order valence-corrected chi connectivity index (χ2v) is 7.70. The summed E-state index contributed by atoms with van der Waals surface area (Å²) in [4.78, 5) is 25.5. The van der Waals surface area contributed by atoms with Gasteiger partial charge in [-0.15, -0.1) is 0 Å². The number of ketones is 1. The minimum atomic E-state index is -0.545. The van der Waals surface area contributed by atoms with Crippen LogP contribution in [0.3, 0.4) is 0 Å². The average Bonchev–Trinajstić information content (AvgIpc) is 3.37. The fourth-order valence-electron chi connectivity index (χ4n) is 3.57. The van der Waals surface area contributed by atoms with Crippen molar-refractivity contribution in [2.24, 2.45) is 0 Å². The van der Waals surface area contributed by atoms with Crippen molar-refractivity contribution < 1.29 is 23.6 Å². The number of esters is 1. The number of benzene rings is 3. The summed E-state index contributed by atoms with van der Waals surface area (Å²) in [5.41, 5.74) is 3.52. The van der Waals surface area contributed by atoms with E-state index in [0.717, 1.165) is 0 Å². The fraction of sp³-hybridized carbons (Fsp3) is 0.0741. The molecule has 3 aromatic carbocycles. The Bertz CT molecular complexity index is 1370. The van der Waals surface area contributed by atoms with Gasteiger partial charge in [0.15, 0.2) is 11.5 Å². The molecule has 1 aromatic heterocycles. The van der Waals surface area contributed by atoms with Crippen molar-refractivity contribution in [1.29, 1.82) is 0 Å². The second kappa shape index (κ2) is 10.2. The van der Waals surface area contributed by atoms with Crippen LogP contribution in [0, 0.1) is 0 Å². The standard InChI is InChI=1S/C27H20ClNO5/c1-32-16-23(27(31)33-2)19-7-3-4-8-20(19)24-15-25(34-29-24)21-9-5-6-10-22(21)26(30)17-11-13-18(28)14-12-17/h3-16H,1-2H3. The lowest BCUT2D eigenvalue weighted by Crippen LogP contribution is -2.05. The van der Waals surface area contributed by atoms with E-state index in [1.165, 1.54) is 20.5 Å². The van der Waals surface area contributed by atoms with Crippen molar-refractivity contribution in [3.63, 3.8) is 0 Å². The predicted molar refractivity (Wildman–Crippen MR) is 129 cm³/mol. The number of hydrogen-bond donors (Lipinski definition) is 0. The Kier molecular flexibility index (Phi) is 6.90. The van der Waals surface area contributed by atoms with Gasteiger partial charge < -0.3 is 14.0 Å². The molecule has 4 rings (SSSR count). The van der Waals surface area contributed by atoms with E-state index >= 15 is 0 Å². The average molecular weight is 474 g/mol. The zero-order chi connectivity index (χ0) is 24.1. The van der Waals surface area contributed by atoms with Crippen LogP contribution in [0.15, 0.2) is 89.6 Å². The van der Waals surface area contributed by atoms with Crippen molar-refractivity contribution >= 4 is 28.9 Å². The zero-order valence-corrected chi connectivity index (χ0v) is 19.2. The number of hydrogen-bond acceptors (Lipinski definition) is 6. The molecule has 0 fully saturated rings. The molecule has 0 aliphatic heterocycles. The lowest BCUT2D eigenvalue weighted by molar-refractivity contribution is -0.133. The van der Waals surface area contributed by atoms with Crippen LogP contribution in [0.2, 0.25) is 5.02 Å². The molecule has 1 heterocycles. The Morgan fingerprint density at radius 1 is 0.882 bits per heavy atom. The fourth-order valence-corrected chi connectivity index (χ4v) is 3.70. The molecule has 34 heavy (non-hydrogen) atoms. The highest BCUT2D eigenvalue weighted by Crippen LogP contribution is 2.33. The molecule has 0 bridgehead atoms. The lowest BCUT2D eigenvalue weighted by Gasteiger charge is -2.09. The second-order valence-electron chi connectivity index (χ2n) is 7.26. The van der Waals surface area contributed by atoms with Crippen LogP contribution in [0.4, 0.5) is 0 Å². The van der Waals surface area contributed by atoms with Crippen LogP contribution in [-0.4, -0.2) is 31.1 Å². The highest BCUT2D eigenvalue weighted by Gasteiger charge is 2.21. The van der Waals surface area contributed by atoms with Crippen molar-refractivity contribution in [2.75, 3.05) is 14.2 Å². The van der Waals surface area contributed by atoms with Gasteiger partial charge in [-0.05, 0) is 24.3 Å². The minimum Gasteiger partial charge on any atom is -0.503 e. The lowest BCUT2D eigenvalue weighted by atomic mass is 9.95. The molecule has 170 valence electrons. The Labute approximate surface area is 201 Å². The third-order valence-corrected chi connectivity index (χ3v) is 5.44. The van der Waals surface area contributed by atoms with Gasteiger partial charge in [-0.1, -0.05) is 65.3 Å². The summed E-state index contributed by atoms with van der Waals surface area (Å²) in [7, 11) is 2.76. The molecule has 0 aliphatic carbocycles. The number of carbonyl (C=O) groups excluding carboxylic acids is 2. The van der Waals surface area contributed by atoms with E-state index in [0.29, 0.717) is 44.3 Å². The van der Waals surface area contributed by atoms with Crippen LogP contribution in [0.25, 0.3) is 28.2 Å². The first kappa shape index (κ1) is 23.0. The van der Waals surface area contributed by atoms with Crippen LogP contribution >= 0.6 is 11.6 Å². The van der Waals surface area contributed by atoms with Crippen LogP contribution in [0.1, 0.15) is 21.5 Å². The molecular weight excluding hydrogens is 454 g/mol. The molecule has 0 saturated heterocycles. The third-order valence-electron chi connectivity index (χ3n) is 5.19. The molecule has 0 atom stereocenters. The van der Waals surface area contributed by atoms with E-state index < -0.39 is 5.97 Å². The monoisotopic (exact) mass is 473 g/mol. The number of nitrogens with zero attached hydrogens (tertiary/aromatic N) is 1. The SMILES string of the molecule is COC=C(C(=O)OC)c1ccccc1-c1cc(-c2ccccc2C(=O)c2ccc(Cl)cc2)on1. The van der Waals surface area contributed by atoms with Crippen LogP contribution in [-0.2, 0) is 14.3 Å². The summed E-state index contributed by atoms with van der Waals surface area (Å²) < 4.78 is 15.6. The number of halogens is 1. The molecule has 0 spiro atoms. The van der Waals surface area contributed by atoms with Crippen molar-refractivity contribution in [1.82, 2.24) is 5.16 Å². The highest BCUT2D eigenvalue weighted by molar-refractivity contribution is 6.30. The molecule has 0 aliphatic rings. The Hall–Kier alpha value is -4.16. The number of methoxy groups -OCH3 is 2. The molecular formula is C27H20ClNO5. The first-order valence-electron chi connectivity index (χ1n) is 10.3. The van der Waals surface area contributed by atoms with Crippen molar-refractivity contribution in [3.05, 3.63) is 107 Å². The normalized spacial score (nSPS) is 11.2. The first-order chi connectivity index (χ1) is 16.5. The van der Waals surface area contributed by atoms with Gasteiger partial charge in [-0.2, -0.15) is 0 Å². The van der Waals surface area contributed by atoms with Crippen LogP contribution < -0.4 is 0 Å². The van der Waals surface area contributed by atoms with Crippen LogP contribution in [0.5, 0.6) is 0 Å². The summed E-state index contributed by atoms with van der Waals surface area (Å²) in [6, 6.07) is 22.8. The molecule has 0 unspecified atom stereocenters. The summed E-state index contributed by atoms with van der Waals surface area (Å²) >= 11 is 5.96. The van der Waals surface area contributed by atoms with E-state index in [-0.39, 0.29) is 11.4 Å². The Morgan fingerprint density at radius 2 is 1.53 bits per heavy atom. The van der Waals surface area contributed by atoms with Crippen molar-refractivity contribution in [2.45, 2.75) is 0 Å². The smallest absolute Gasteiger partial charge is 0.341 e. The molecule has 0 amide bonds. The molecule has 4 aromatic rings. The Balaban J connectivity index is 1.76. The van der Waals surface area contributed by atoms with Gasteiger partial charge in [0, 0.05) is 38.9 Å². The Morgan fingerprint density at radius 3 is 2.21 bits per heavy atom. The van der Waals surface area contributed by atoms with Gasteiger partial charge >= 0.3 is 5.97 Å². The first-order valence-corrected chi connectivity index (χ1v) is 10.7. The maximum Gasteiger partial charge on any atom is 0.341 e. The van der Waals surface area contributed by atoms with Gasteiger partial charge in [-0.3, -0.25) is 4.79 Å². The molecule has 6 nitrogen and oxygen atoms in total. The topological polar surface area (TPSA) is 78.6 Å². The van der Waals surface area contributed by atoms with E-state index in [1.807, 2.05) is 18.2 Å². The maximum atomic E-state index is 13.2. The minimum absolute atomic E-state index is 0.165. The van der Waals surface area contributed by atoms with E-state index in [9.17, 15) is 9.59 Å². The summed E-state index contributed by atoms with van der Waals surface area (Å²) in [5, 5.41) is 4.77. The number of carbonyl (C=O) groups is 2. The van der Waals surface area contributed by atoms with E-state index in [4.69, 9.17) is 25.6 Å². The molecule has 7 heteroatoms. The van der Waals surface area contributed by atoms with E-state index in [1.54, 1.807) is 60.7 Å². The number of rotatable bonds is 7. The largest absolute Gasteiger partial charge is 0.503 e. The van der Waals surface area contributed by atoms with Gasteiger partial charge in [0.1, 0.15) is 11.3 Å². The molecule has 0 N–H and O–H groups in total. The van der Waals surface area contributed by atoms with E-state index in [2.05, 4.69) is 5.16 Å². The van der Waals surface area contributed by atoms with Gasteiger partial charge in [-0.25, -0.2) is 4.79 Å². The quantitative estimate of drug-likeness (QED) is 0.141. The number of ether oxygens (including phenoxy) is 2. The molecule has 0 saturated carbocycles. The van der Waals surface area contributed by atoms with Gasteiger partial charge in [0.25, 0.3) is 0 Å². The summed E-state index contributed by atoms with van der Waals surface area (Å²) in [5.74, 6) is -0.295. The summed E-state index contributed by atoms with van der Waals surface area (Å²) in [6.45, 7) is 0. The highest BCUT2D eigenvalue weighted by atomic mass is 35.5. The van der Waals surface area contributed by atoms with Crippen molar-refractivity contribution in [3.8, 4) is 22.6 Å². The van der Waals surface area contributed by atoms with Gasteiger partial charge in [0.2, 0.25) is 0 Å². The third kappa shape index (κ3) is 4.63. The zero-order valence-electron chi connectivity index (χ0n) is 18.4. The summed E-state index contributed by atoms with van der Waals surface area (Å²) in [6.07, 6.45) is 1.33. The molecule has 0 radical (unpaired) electrons. The predicted octanol–water partition coefficient (Wildman–Crippen LogP) is 6.05. The number of aromatic nitrogens is 1. The van der Waals surface area contributed by atoms with Gasteiger partial charge in [0.05, 0.1) is 20.5 Å². The maximum absolute atomic E-state index is 13.2.